The van der Waals surface area contributed by atoms with Crippen molar-refractivity contribution < 1.29 is 14.2 Å². The molecule has 1 N–H and O–H groups in total. The van der Waals surface area contributed by atoms with E-state index in [1.165, 1.54) is 0 Å². The molecule has 4 aromatic rings. The Kier molecular flexibility index (Phi) is 4.72. The third-order valence-corrected chi connectivity index (χ3v) is 4.48. The molecule has 1 aromatic heterocycles. The molecule has 0 aliphatic rings. The maximum absolute atomic E-state index is 12.6. The van der Waals surface area contributed by atoms with Gasteiger partial charge in [-0.25, -0.2) is 0 Å². The minimum absolute atomic E-state index is 0.0886. The molecule has 3 aromatic carbocycles. The van der Waals surface area contributed by atoms with Crippen LogP contribution in [0.2, 0.25) is 0 Å². The summed E-state index contributed by atoms with van der Waals surface area (Å²) in [7, 11) is 3.11. The van der Waals surface area contributed by atoms with Crippen LogP contribution < -0.4 is 19.6 Å². The van der Waals surface area contributed by atoms with Crippen LogP contribution in [0.15, 0.2) is 77.6 Å². The molecular formula is C23H19NO4. The van der Waals surface area contributed by atoms with E-state index in [-0.39, 0.29) is 5.43 Å². The van der Waals surface area contributed by atoms with Crippen LogP contribution in [0.3, 0.4) is 0 Å². The number of pyridine rings is 1. The van der Waals surface area contributed by atoms with Gasteiger partial charge in [-0.3, -0.25) is 4.79 Å². The number of hydrogen-bond acceptors (Lipinski definition) is 4. The lowest BCUT2D eigenvalue weighted by Crippen LogP contribution is -2.04. The van der Waals surface area contributed by atoms with Crippen LogP contribution in [0, 0.1) is 0 Å². The van der Waals surface area contributed by atoms with Gasteiger partial charge in [0.15, 0.2) is 16.9 Å². The van der Waals surface area contributed by atoms with Gasteiger partial charge in [0.2, 0.25) is 0 Å². The zero-order valence-corrected chi connectivity index (χ0v) is 15.6. The fourth-order valence-electron chi connectivity index (χ4n) is 3.06. The van der Waals surface area contributed by atoms with Crippen LogP contribution in [0.1, 0.15) is 0 Å². The van der Waals surface area contributed by atoms with E-state index in [0.29, 0.717) is 22.4 Å². The van der Waals surface area contributed by atoms with Gasteiger partial charge in [0, 0.05) is 23.2 Å². The largest absolute Gasteiger partial charge is 0.493 e. The fraction of sp³-hybridized carbons (Fsp3) is 0.0870. The molecule has 0 saturated heterocycles. The van der Waals surface area contributed by atoms with E-state index in [0.717, 1.165) is 22.8 Å². The molecule has 0 unspecified atom stereocenters. The van der Waals surface area contributed by atoms with Gasteiger partial charge in [-0.15, -0.1) is 0 Å². The van der Waals surface area contributed by atoms with Gasteiger partial charge >= 0.3 is 0 Å². The number of aromatic nitrogens is 1. The molecule has 0 fully saturated rings. The molecule has 0 radical (unpaired) electrons. The second-order valence-electron chi connectivity index (χ2n) is 6.24. The molecule has 0 amide bonds. The summed E-state index contributed by atoms with van der Waals surface area (Å²) in [6.45, 7) is 0. The Morgan fingerprint density at radius 1 is 0.750 bits per heavy atom. The van der Waals surface area contributed by atoms with E-state index in [1.807, 2.05) is 54.6 Å². The maximum atomic E-state index is 12.6. The molecule has 0 atom stereocenters. The maximum Gasteiger partial charge on any atom is 0.190 e. The van der Waals surface area contributed by atoms with E-state index < -0.39 is 0 Å². The van der Waals surface area contributed by atoms with E-state index in [1.54, 1.807) is 32.4 Å². The molecule has 5 nitrogen and oxygen atoms in total. The average molecular weight is 373 g/mol. The van der Waals surface area contributed by atoms with Gasteiger partial charge < -0.3 is 19.2 Å². The van der Waals surface area contributed by atoms with Gasteiger partial charge in [0.1, 0.15) is 11.5 Å². The highest BCUT2D eigenvalue weighted by atomic mass is 16.5. The number of methoxy groups -OCH3 is 2. The molecule has 5 heteroatoms. The lowest BCUT2D eigenvalue weighted by Gasteiger charge is -2.11. The van der Waals surface area contributed by atoms with Crippen molar-refractivity contribution in [3.05, 3.63) is 83.0 Å². The number of hydrogen-bond donors (Lipinski definition) is 1. The Bertz CT molecular complexity index is 1170. The van der Waals surface area contributed by atoms with E-state index in [4.69, 9.17) is 14.2 Å². The number of H-pyrrole nitrogens is 1. The molecule has 0 saturated carbocycles. The first-order chi connectivity index (χ1) is 13.7. The summed E-state index contributed by atoms with van der Waals surface area (Å²) >= 11 is 0. The normalized spacial score (nSPS) is 10.6. The number of benzene rings is 3. The first-order valence-corrected chi connectivity index (χ1v) is 8.80. The predicted octanol–water partition coefficient (Wildman–Crippen LogP) is 5.00. The molecule has 0 spiro atoms. The van der Waals surface area contributed by atoms with Crippen molar-refractivity contribution in [3.63, 3.8) is 0 Å². The Hall–Kier alpha value is -3.73. The number of ether oxygens (including phenoxy) is 3. The number of para-hydroxylation sites is 1. The van der Waals surface area contributed by atoms with Gasteiger partial charge in [0.05, 0.1) is 19.7 Å². The summed E-state index contributed by atoms with van der Waals surface area (Å²) in [5.74, 6) is 2.59. The highest BCUT2D eigenvalue weighted by Crippen LogP contribution is 2.31. The van der Waals surface area contributed by atoms with Gasteiger partial charge in [0.25, 0.3) is 0 Å². The van der Waals surface area contributed by atoms with Crippen LogP contribution in [-0.4, -0.2) is 19.2 Å². The Morgan fingerprint density at radius 2 is 1.39 bits per heavy atom. The van der Waals surface area contributed by atoms with Crippen LogP contribution in [0.4, 0.5) is 0 Å². The van der Waals surface area contributed by atoms with Crippen LogP contribution in [0.5, 0.6) is 23.0 Å². The zero-order valence-electron chi connectivity index (χ0n) is 15.6. The second kappa shape index (κ2) is 7.48. The standard InChI is InChI=1S/C23H19NO4/c1-26-22-12-18-20(14-23(22)27-2)24-19(13-21(18)25)15-8-10-17(11-9-15)28-16-6-4-3-5-7-16/h3-14H,1-2H3,(H,24,25). The SMILES string of the molecule is COc1cc2[nH]c(-c3ccc(Oc4ccccc4)cc3)cc(=O)c2cc1OC. The first kappa shape index (κ1) is 17.7. The van der Waals surface area contributed by atoms with Gasteiger partial charge in [-0.05, 0) is 48.0 Å². The minimum Gasteiger partial charge on any atom is -0.493 e. The number of nitrogens with one attached hydrogen (secondary N) is 1. The second-order valence-corrected chi connectivity index (χ2v) is 6.24. The Morgan fingerprint density at radius 3 is 2.07 bits per heavy atom. The zero-order chi connectivity index (χ0) is 19.5. The van der Waals surface area contributed by atoms with Crippen LogP contribution in [0.25, 0.3) is 22.2 Å². The summed E-state index contributed by atoms with van der Waals surface area (Å²) < 4.78 is 16.4. The van der Waals surface area contributed by atoms with E-state index in [2.05, 4.69) is 4.98 Å². The van der Waals surface area contributed by atoms with Crippen molar-refractivity contribution in [1.82, 2.24) is 4.98 Å². The Labute approximate surface area is 162 Å². The Balaban J connectivity index is 1.69. The lowest BCUT2D eigenvalue weighted by atomic mass is 10.1. The summed E-state index contributed by atoms with van der Waals surface area (Å²) in [4.78, 5) is 15.9. The van der Waals surface area contributed by atoms with Crippen molar-refractivity contribution >= 4 is 10.9 Å². The summed E-state index contributed by atoms with van der Waals surface area (Å²) in [6, 6.07) is 22.2. The van der Waals surface area contributed by atoms with Crippen molar-refractivity contribution in [3.8, 4) is 34.3 Å². The number of aromatic amines is 1. The van der Waals surface area contributed by atoms with Crippen LogP contribution >= 0.6 is 0 Å². The van der Waals surface area contributed by atoms with Gasteiger partial charge in [-0.2, -0.15) is 0 Å². The summed E-state index contributed by atoms with van der Waals surface area (Å²) in [5, 5.41) is 0.547. The van der Waals surface area contributed by atoms with Crippen molar-refractivity contribution in [2.75, 3.05) is 14.2 Å². The molecule has 4 rings (SSSR count). The molecule has 0 aliphatic carbocycles. The molecule has 28 heavy (non-hydrogen) atoms. The van der Waals surface area contributed by atoms with Crippen molar-refractivity contribution in [2.24, 2.45) is 0 Å². The topological polar surface area (TPSA) is 60.5 Å². The molecule has 0 aliphatic heterocycles. The van der Waals surface area contributed by atoms with Gasteiger partial charge in [-0.1, -0.05) is 18.2 Å². The number of fused-ring (bicyclic) bond motifs is 1. The molecular weight excluding hydrogens is 354 g/mol. The van der Waals surface area contributed by atoms with E-state index >= 15 is 0 Å². The quantitative estimate of drug-likeness (QED) is 0.534. The van der Waals surface area contributed by atoms with Crippen molar-refractivity contribution in [1.29, 1.82) is 0 Å². The predicted molar refractivity (Wildman–Crippen MR) is 110 cm³/mol. The smallest absolute Gasteiger partial charge is 0.190 e. The average Bonchev–Trinajstić information content (AvgIpc) is 2.74. The highest BCUT2D eigenvalue weighted by molar-refractivity contribution is 5.85. The minimum atomic E-state index is -0.0886. The molecule has 0 bridgehead atoms. The molecule has 1 heterocycles. The van der Waals surface area contributed by atoms with Crippen LogP contribution in [-0.2, 0) is 0 Å². The lowest BCUT2D eigenvalue weighted by molar-refractivity contribution is 0.356. The number of rotatable bonds is 5. The van der Waals surface area contributed by atoms with E-state index in [9.17, 15) is 4.79 Å². The summed E-state index contributed by atoms with van der Waals surface area (Å²) in [5.41, 5.74) is 2.20. The van der Waals surface area contributed by atoms with Crippen molar-refractivity contribution in [2.45, 2.75) is 0 Å². The molecule has 140 valence electrons. The summed E-state index contributed by atoms with van der Waals surface area (Å²) in [6.07, 6.45) is 0. The highest BCUT2D eigenvalue weighted by Gasteiger charge is 2.11. The third-order valence-electron chi connectivity index (χ3n) is 4.48. The first-order valence-electron chi connectivity index (χ1n) is 8.80. The third kappa shape index (κ3) is 3.42. The monoisotopic (exact) mass is 373 g/mol. The fourth-order valence-corrected chi connectivity index (χ4v) is 3.06.